The highest BCUT2D eigenvalue weighted by molar-refractivity contribution is 6.09. The molecule has 3 heterocycles. The molecule has 1 saturated heterocycles. The second kappa shape index (κ2) is 8.76. The zero-order chi connectivity index (χ0) is 24.9. The number of carbonyl (C=O) groups is 2. The monoisotopic (exact) mass is 484 g/mol. The van der Waals surface area contributed by atoms with Crippen LogP contribution >= 0.6 is 0 Å². The first-order chi connectivity index (χ1) is 17.5. The van der Waals surface area contributed by atoms with E-state index in [4.69, 9.17) is 9.47 Å². The van der Waals surface area contributed by atoms with E-state index in [9.17, 15) is 14.7 Å². The number of hydrogen-bond donors (Lipinski definition) is 1. The van der Waals surface area contributed by atoms with Crippen molar-refractivity contribution in [1.82, 2.24) is 0 Å². The SMILES string of the molecule is C[C@@H]1C[C@H](CCO)O[C@@]12C(=O)N(Cc1ccccc1)c1ccc(N3C(=O)COc4ccccc43)cc12. The van der Waals surface area contributed by atoms with E-state index in [0.717, 1.165) is 16.8 Å². The Morgan fingerprint density at radius 2 is 1.78 bits per heavy atom. The van der Waals surface area contributed by atoms with E-state index in [-0.39, 0.29) is 37.0 Å². The molecule has 7 heteroatoms. The number of amides is 2. The topological polar surface area (TPSA) is 79.3 Å². The molecule has 3 aromatic rings. The number of rotatable bonds is 5. The number of ether oxygens (including phenoxy) is 2. The lowest BCUT2D eigenvalue weighted by molar-refractivity contribution is -0.146. The third-order valence-electron chi connectivity index (χ3n) is 7.50. The lowest BCUT2D eigenvalue weighted by Gasteiger charge is -2.31. The second-order valence-corrected chi connectivity index (χ2v) is 9.69. The van der Waals surface area contributed by atoms with Crippen molar-refractivity contribution in [3.05, 3.63) is 83.9 Å². The lowest BCUT2D eigenvalue weighted by atomic mass is 9.82. The van der Waals surface area contributed by atoms with Crippen molar-refractivity contribution in [3.63, 3.8) is 0 Å². The van der Waals surface area contributed by atoms with Crippen molar-refractivity contribution in [2.45, 2.75) is 38.0 Å². The van der Waals surface area contributed by atoms with Crippen LogP contribution in [0.4, 0.5) is 17.1 Å². The molecule has 7 nitrogen and oxygen atoms in total. The van der Waals surface area contributed by atoms with Crippen LogP contribution in [0.2, 0.25) is 0 Å². The third-order valence-corrected chi connectivity index (χ3v) is 7.50. The molecule has 2 amide bonds. The minimum Gasteiger partial charge on any atom is -0.482 e. The summed E-state index contributed by atoms with van der Waals surface area (Å²) in [6, 6.07) is 23.1. The molecule has 3 aliphatic rings. The van der Waals surface area contributed by atoms with Crippen LogP contribution in [0, 0.1) is 5.92 Å². The Kier molecular flexibility index (Phi) is 5.54. The molecule has 1 spiro atoms. The molecular weight excluding hydrogens is 456 g/mol. The number of aliphatic hydroxyl groups is 1. The maximum atomic E-state index is 14.1. The number of fused-ring (bicyclic) bond motifs is 3. The highest BCUT2D eigenvalue weighted by Gasteiger charge is 2.60. The normalized spacial score (nSPS) is 24.7. The van der Waals surface area contributed by atoms with Gasteiger partial charge in [-0.3, -0.25) is 14.5 Å². The largest absolute Gasteiger partial charge is 0.482 e. The fraction of sp³-hybridized carbons (Fsp3) is 0.310. The van der Waals surface area contributed by atoms with Crippen LogP contribution in [0.25, 0.3) is 0 Å². The summed E-state index contributed by atoms with van der Waals surface area (Å²) in [5, 5.41) is 9.56. The van der Waals surface area contributed by atoms with Gasteiger partial charge in [-0.05, 0) is 48.7 Å². The molecule has 0 unspecified atom stereocenters. The van der Waals surface area contributed by atoms with Crippen LogP contribution < -0.4 is 14.5 Å². The van der Waals surface area contributed by atoms with Crippen LogP contribution in [-0.4, -0.2) is 36.2 Å². The zero-order valence-corrected chi connectivity index (χ0v) is 20.1. The molecule has 184 valence electrons. The van der Waals surface area contributed by atoms with Gasteiger partial charge in [0.25, 0.3) is 11.8 Å². The van der Waals surface area contributed by atoms with Gasteiger partial charge in [0.05, 0.1) is 24.0 Å². The average molecular weight is 485 g/mol. The minimum absolute atomic E-state index is 0.00134. The molecule has 3 aliphatic heterocycles. The number of aliphatic hydroxyl groups excluding tert-OH is 1. The molecule has 0 saturated carbocycles. The summed E-state index contributed by atoms with van der Waals surface area (Å²) >= 11 is 0. The van der Waals surface area contributed by atoms with E-state index >= 15 is 0 Å². The molecule has 1 fully saturated rings. The van der Waals surface area contributed by atoms with Crippen molar-refractivity contribution in [2.75, 3.05) is 23.0 Å². The third kappa shape index (κ3) is 3.42. The predicted octanol–water partition coefficient (Wildman–Crippen LogP) is 4.29. The lowest BCUT2D eigenvalue weighted by Crippen LogP contribution is -2.43. The standard InChI is InChI=1S/C29H28N2O5/c1-19-15-22(13-14-32)36-29(19)23-16-21(31-25-9-5-6-10-26(25)35-18-27(31)33)11-12-24(23)30(28(29)34)17-20-7-3-2-4-8-20/h2-12,16,19,22,32H,13-15,17-18H2,1H3/t19-,22+,29+/m1/s1. The average Bonchev–Trinajstić information content (AvgIpc) is 3.34. The second-order valence-electron chi connectivity index (χ2n) is 9.69. The first-order valence-corrected chi connectivity index (χ1v) is 12.4. The fourth-order valence-corrected chi connectivity index (χ4v) is 5.83. The molecular formula is C29H28N2O5. The fourth-order valence-electron chi connectivity index (χ4n) is 5.83. The van der Waals surface area contributed by atoms with E-state index < -0.39 is 5.60 Å². The van der Waals surface area contributed by atoms with Gasteiger partial charge >= 0.3 is 0 Å². The summed E-state index contributed by atoms with van der Waals surface area (Å²) in [6.07, 6.45) is 0.935. The molecule has 0 aromatic heterocycles. The Morgan fingerprint density at radius 1 is 1.00 bits per heavy atom. The van der Waals surface area contributed by atoms with Crippen molar-refractivity contribution < 1.29 is 24.2 Å². The van der Waals surface area contributed by atoms with Gasteiger partial charge in [0.1, 0.15) is 5.75 Å². The van der Waals surface area contributed by atoms with Crippen molar-refractivity contribution in [3.8, 4) is 5.75 Å². The summed E-state index contributed by atoms with van der Waals surface area (Å²) in [6.45, 7) is 2.41. The highest BCUT2D eigenvalue weighted by Crippen LogP contribution is 2.55. The molecule has 3 aromatic carbocycles. The smallest absolute Gasteiger partial charge is 0.269 e. The van der Waals surface area contributed by atoms with Gasteiger partial charge in [0.2, 0.25) is 0 Å². The Balaban J connectivity index is 1.48. The van der Waals surface area contributed by atoms with E-state index in [1.807, 2.05) is 79.7 Å². The summed E-state index contributed by atoms with van der Waals surface area (Å²) in [7, 11) is 0. The van der Waals surface area contributed by atoms with Gasteiger partial charge in [-0.2, -0.15) is 0 Å². The molecule has 36 heavy (non-hydrogen) atoms. The Bertz CT molecular complexity index is 1330. The number of hydrogen-bond acceptors (Lipinski definition) is 5. The first kappa shape index (κ1) is 22.8. The van der Waals surface area contributed by atoms with Gasteiger partial charge < -0.3 is 19.5 Å². The molecule has 0 bridgehead atoms. The molecule has 3 atom stereocenters. The van der Waals surface area contributed by atoms with Crippen LogP contribution in [0.3, 0.4) is 0 Å². The summed E-state index contributed by atoms with van der Waals surface area (Å²) < 4.78 is 12.2. The number of carbonyl (C=O) groups excluding carboxylic acids is 2. The van der Waals surface area contributed by atoms with Gasteiger partial charge in [0, 0.05) is 23.8 Å². The maximum absolute atomic E-state index is 14.1. The highest BCUT2D eigenvalue weighted by atomic mass is 16.5. The van der Waals surface area contributed by atoms with Crippen molar-refractivity contribution in [2.24, 2.45) is 5.92 Å². The molecule has 0 radical (unpaired) electrons. The van der Waals surface area contributed by atoms with Crippen LogP contribution in [0.5, 0.6) is 5.75 Å². The van der Waals surface area contributed by atoms with Gasteiger partial charge in [-0.1, -0.05) is 49.4 Å². The van der Waals surface area contributed by atoms with Gasteiger partial charge in [-0.15, -0.1) is 0 Å². The predicted molar refractivity (Wildman–Crippen MR) is 135 cm³/mol. The molecule has 1 N–H and O–H groups in total. The van der Waals surface area contributed by atoms with Crippen molar-refractivity contribution in [1.29, 1.82) is 0 Å². The van der Waals surface area contributed by atoms with E-state index in [0.29, 0.717) is 36.5 Å². The Morgan fingerprint density at radius 3 is 2.58 bits per heavy atom. The summed E-state index contributed by atoms with van der Waals surface area (Å²) in [4.78, 5) is 30.6. The number of nitrogens with zero attached hydrogens (tertiary/aromatic N) is 2. The van der Waals surface area contributed by atoms with Crippen LogP contribution in [0.15, 0.2) is 72.8 Å². The summed E-state index contributed by atoms with van der Waals surface area (Å²) in [5.74, 6) is 0.276. The zero-order valence-electron chi connectivity index (χ0n) is 20.1. The maximum Gasteiger partial charge on any atom is 0.269 e. The Hall–Kier alpha value is -3.68. The van der Waals surface area contributed by atoms with Crippen LogP contribution in [-0.2, 0) is 26.5 Å². The minimum atomic E-state index is -1.16. The van der Waals surface area contributed by atoms with E-state index in [2.05, 4.69) is 0 Å². The number of para-hydroxylation sites is 2. The van der Waals surface area contributed by atoms with E-state index in [1.165, 1.54) is 0 Å². The van der Waals surface area contributed by atoms with E-state index in [1.54, 1.807) is 9.80 Å². The number of anilines is 3. The quantitative estimate of drug-likeness (QED) is 0.585. The van der Waals surface area contributed by atoms with Crippen LogP contribution in [0.1, 0.15) is 30.9 Å². The molecule has 0 aliphatic carbocycles. The first-order valence-electron chi connectivity index (χ1n) is 12.4. The Labute approximate surface area is 209 Å². The van der Waals surface area contributed by atoms with Gasteiger partial charge in [-0.25, -0.2) is 0 Å². The number of benzene rings is 3. The molecule has 6 rings (SSSR count). The summed E-state index contributed by atoms with van der Waals surface area (Å²) in [5.41, 5.74) is 2.77. The van der Waals surface area contributed by atoms with Crippen molar-refractivity contribution >= 4 is 28.9 Å². The van der Waals surface area contributed by atoms with Gasteiger partial charge in [0.15, 0.2) is 12.2 Å².